The maximum atomic E-state index is 11.8. The third-order valence-electron chi connectivity index (χ3n) is 2.50. The van der Waals surface area contributed by atoms with Crippen molar-refractivity contribution in [1.29, 1.82) is 0 Å². The molecule has 4 heteroatoms. The van der Waals surface area contributed by atoms with E-state index in [0.717, 1.165) is 16.7 Å². The molecule has 3 aromatic rings. The molecule has 4 nitrogen and oxygen atoms in total. The van der Waals surface area contributed by atoms with E-state index in [1.807, 2.05) is 30.3 Å². The third kappa shape index (κ3) is 1.24. The van der Waals surface area contributed by atoms with Crippen LogP contribution in [0.1, 0.15) is 0 Å². The van der Waals surface area contributed by atoms with Gasteiger partial charge < -0.3 is 4.98 Å². The summed E-state index contributed by atoms with van der Waals surface area (Å²) in [6, 6.07) is 9.43. The van der Waals surface area contributed by atoms with Crippen molar-refractivity contribution in [3.8, 4) is 5.69 Å². The van der Waals surface area contributed by atoms with Crippen LogP contribution in [0, 0.1) is 0 Å². The maximum Gasteiger partial charge on any atom is 0.274 e. The van der Waals surface area contributed by atoms with Gasteiger partial charge in [0.15, 0.2) is 0 Å². The van der Waals surface area contributed by atoms with Crippen LogP contribution in [0.4, 0.5) is 0 Å². The summed E-state index contributed by atoms with van der Waals surface area (Å²) in [6.45, 7) is 0. The Morgan fingerprint density at radius 2 is 2.06 bits per heavy atom. The van der Waals surface area contributed by atoms with Crippen molar-refractivity contribution in [1.82, 2.24) is 14.5 Å². The normalized spacial score (nSPS) is 10.8. The van der Waals surface area contributed by atoms with Crippen LogP contribution in [0.2, 0.25) is 0 Å². The molecule has 0 saturated carbocycles. The number of benzene rings is 1. The Hall–Kier alpha value is -2.36. The Kier molecular flexibility index (Phi) is 1.86. The molecule has 16 heavy (non-hydrogen) atoms. The summed E-state index contributed by atoms with van der Waals surface area (Å²) in [6.07, 6.45) is 4.92. The van der Waals surface area contributed by atoms with Gasteiger partial charge in [0.2, 0.25) is 0 Å². The Bertz CT molecular complexity index is 683. The van der Waals surface area contributed by atoms with Crippen molar-refractivity contribution in [2.45, 2.75) is 0 Å². The standard InChI is InChI=1S/C12H9N3O/c16-12-8-14-10-3-1-2-4-11(10)15(12)9-5-6-13-7-9/h1-8,13H. The Labute approximate surface area is 91.2 Å². The fourth-order valence-corrected chi connectivity index (χ4v) is 1.78. The second kappa shape index (κ2) is 3.34. The summed E-state index contributed by atoms with van der Waals surface area (Å²) in [5.74, 6) is 0. The topological polar surface area (TPSA) is 50.7 Å². The van der Waals surface area contributed by atoms with E-state index in [4.69, 9.17) is 0 Å². The summed E-state index contributed by atoms with van der Waals surface area (Å²) in [5, 5.41) is 0. The van der Waals surface area contributed by atoms with Gasteiger partial charge in [-0.15, -0.1) is 0 Å². The van der Waals surface area contributed by atoms with Crippen molar-refractivity contribution < 1.29 is 0 Å². The number of para-hydroxylation sites is 2. The van der Waals surface area contributed by atoms with Gasteiger partial charge in [-0.05, 0) is 18.2 Å². The number of fused-ring (bicyclic) bond motifs is 1. The smallest absolute Gasteiger partial charge is 0.274 e. The highest BCUT2D eigenvalue weighted by molar-refractivity contribution is 5.76. The molecule has 0 aliphatic carbocycles. The highest BCUT2D eigenvalue weighted by Gasteiger charge is 2.05. The van der Waals surface area contributed by atoms with Crippen LogP contribution in [-0.2, 0) is 0 Å². The fraction of sp³-hybridized carbons (Fsp3) is 0. The van der Waals surface area contributed by atoms with Crippen molar-refractivity contribution in [3.63, 3.8) is 0 Å². The zero-order valence-electron chi connectivity index (χ0n) is 8.42. The third-order valence-corrected chi connectivity index (χ3v) is 2.50. The molecular formula is C12H9N3O. The number of H-pyrrole nitrogens is 1. The molecule has 0 atom stereocenters. The van der Waals surface area contributed by atoms with Gasteiger partial charge in [-0.3, -0.25) is 9.36 Å². The van der Waals surface area contributed by atoms with E-state index in [1.165, 1.54) is 6.20 Å². The Balaban J connectivity index is 2.47. The summed E-state index contributed by atoms with van der Waals surface area (Å²) < 4.78 is 1.64. The van der Waals surface area contributed by atoms with Crippen molar-refractivity contribution in [2.24, 2.45) is 0 Å². The summed E-state index contributed by atoms with van der Waals surface area (Å²) >= 11 is 0. The number of nitrogens with one attached hydrogen (secondary N) is 1. The number of aromatic nitrogens is 3. The molecule has 78 valence electrons. The van der Waals surface area contributed by atoms with Crippen molar-refractivity contribution >= 4 is 11.0 Å². The minimum atomic E-state index is -0.127. The van der Waals surface area contributed by atoms with Crippen LogP contribution in [-0.4, -0.2) is 14.5 Å². The first kappa shape index (κ1) is 8.91. The van der Waals surface area contributed by atoms with Crippen LogP contribution in [0.25, 0.3) is 16.7 Å². The highest BCUT2D eigenvalue weighted by atomic mass is 16.1. The molecular weight excluding hydrogens is 202 g/mol. The van der Waals surface area contributed by atoms with Crippen LogP contribution < -0.4 is 5.56 Å². The molecule has 3 rings (SSSR count). The van der Waals surface area contributed by atoms with Crippen LogP contribution >= 0.6 is 0 Å². The number of rotatable bonds is 1. The molecule has 0 bridgehead atoms. The number of aromatic amines is 1. The molecule has 2 heterocycles. The van der Waals surface area contributed by atoms with Gasteiger partial charge in [-0.2, -0.15) is 0 Å². The van der Waals surface area contributed by atoms with E-state index in [1.54, 1.807) is 17.0 Å². The van der Waals surface area contributed by atoms with Gasteiger partial charge in [0, 0.05) is 12.4 Å². The van der Waals surface area contributed by atoms with E-state index in [9.17, 15) is 4.79 Å². The quantitative estimate of drug-likeness (QED) is 0.666. The monoisotopic (exact) mass is 211 g/mol. The predicted octanol–water partition coefficient (Wildman–Crippen LogP) is 1.71. The average molecular weight is 211 g/mol. The molecule has 0 aliphatic rings. The minimum Gasteiger partial charge on any atom is -0.366 e. The predicted molar refractivity (Wildman–Crippen MR) is 61.7 cm³/mol. The molecule has 0 unspecified atom stereocenters. The van der Waals surface area contributed by atoms with E-state index < -0.39 is 0 Å². The summed E-state index contributed by atoms with van der Waals surface area (Å²) in [4.78, 5) is 18.9. The Morgan fingerprint density at radius 3 is 2.88 bits per heavy atom. The SMILES string of the molecule is O=c1cnc2ccccc2n1-c1cc[nH]c1. The van der Waals surface area contributed by atoms with Gasteiger partial charge in [0.25, 0.3) is 5.56 Å². The van der Waals surface area contributed by atoms with E-state index in [-0.39, 0.29) is 5.56 Å². The second-order valence-electron chi connectivity index (χ2n) is 3.49. The first-order valence-corrected chi connectivity index (χ1v) is 4.96. The molecule has 0 radical (unpaired) electrons. The maximum absolute atomic E-state index is 11.8. The second-order valence-corrected chi connectivity index (χ2v) is 3.49. The molecule has 2 aromatic heterocycles. The summed E-state index contributed by atoms with van der Waals surface area (Å²) in [5.41, 5.74) is 2.32. The molecule has 1 N–H and O–H groups in total. The molecule has 0 fully saturated rings. The lowest BCUT2D eigenvalue weighted by Crippen LogP contribution is -2.17. The van der Waals surface area contributed by atoms with Gasteiger partial charge in [0.05, 0.1) is 22.9 Å². The average Bonchev–Trinajstić information content (AvgIpc) is 2.82. The van der Waals surface area contributed by atoms with Crippen molar-refractivity contribution in [3.05, 3.63) is 59.3 Å². The Morgan fingerprint density at radius 1 is 1.19 bits per heavy atom. The molecule has 1 aromatic carbocycles. The van der Waals surface area contributed by atoms with E-state index >= 15 is 0 Å². The largest absolute Gasteiger partial charge is 0.366 e. The lowest BCUT2D eigenvalue weighted by atomic mass is 10.3. The van der Waals surface area contributed by atoms with Crippen molar-refractivity contribution in [2.75, 3.05) is 0 Å². The van der Waals surface area contributed by atoms with Crippen LogP contribution in [0.5, 0.6) is 0 Å². The number of hydrogen-bond donors (Lipinski definition) is 1. The van der Waals surface area contributed by atoms with Gasteiger partial charge in [-0.1, -0.05) is 12.1 Å². The van der Waals surface area contributed by atoms with Crippen LogP contribution in [0.15, 0.2) is 53.7 Å². The molecule has 0 aliphatic heterocycles. The molecule has 0 saturated heterocycles. The van der Waals surface area contributed by atoms with E-state index in [2.05, 4.69) is 9.97 Å². The van der Waals surface area contributed by atoms with Gasteiger partial charge in [-0.25, -0.2) is 4.98 Å². The summed E-state index contributed by atoms with van der Waals surface area (Å²) in [7, 11) is 0. The highest BCUT2D eigenvalue weighted by Crippen LogP contribution is 2.13. The lowest BCUT2D eigenvalue weighted by Gasteiger charge is -2.06. The lowest BCUT2D eigenvalue weighted by molar-refractivity contribution is 1.02. The van der Waals surface area contributed by atoms with Crippen LogP contribution in [0.3, 0.4) is 0 Å². The zero-order valence-corrected chi connectivity index (χ0v) is 8.42. The van der Waals surface area contributed by atoms with Gasteiger partial charge >= 0.3 is 0 Å². The molecule has 0 amide bonds. The fourth-order valence-electron chi connectivity index (χ4n) is 1.78. The number of hydrogen-bond acceptors (Lipinski definition) is 2. The van der Waals surface area contributed by atoms with Gasteiger partial charge in [0.1, 0.15) is 0 Å². The zero-order chi connectivity index (χ0) is 11.0. The molecule has 0 spiro atoms. The minimum absolute atomic E-state index is 0.127. The first-order valence-electron chi connectivity index (χ1n) is 4.96. The number of nitrogens with zero attached hydrogens (tertiary/aromatic N) is 2. The van der Waals surface area contributed by atoms with E-state index in [0.29, 0.717) is 0 Å². The first-order chi connectivity index (χ1) is 7.86.